The molecular formula is C13H17NO4S. The van der Waals surface area contributed by atoms with Gasteiger partial charge in [0.1, 0.15) is 0 Å². The largest absolute Gasteiger partial charge is 0.396 e. The van der Waals surface area contributed by atoms with Crippen LogP contribution in [0, 0.1) is 5.41 Å². The van der Waals surface area contributed by atoms with E-state index in [2.05, 4.69) is 4.72 Å². The van der Waals surface area contributed by atoms with E-state index in [0.717, 1.165) is 12.8 Å². The molecule has 0 radical (unpaired) electrons. The highest BCUT2D eigenvalue weighted by Gasteiger charge is 2.42. The fourth-order valence-electron chi connectivity index (χ4n) is 1.77. The molecule has 2 rings (SSSR count). The van der Waals surface area contributed by atoms with Crippen LogP contribution in [-0.4, -0.2) is 32.5 Å². The van der Waals surface area contributed by atoms with Crippen LogP contribution in [0.1, 0.15) is 30.1 Å². The normalized spacial score (nSPS) is 17.2. The lowest BCUT2D eigenvalue weighted by Crippen LogP contribution is -2.31. The van der Waals surface area contributed by atoms with Gasteiger partial charge < -0.3 is 5.11 Å². The van der Waals surface area contributed by atoms with Crippen LogP contribution < -0.4 is 4.72 Å². The summed E-state index contributed by atoms with van der Waals surface area (Å²) >= 11 is 0. The van der Waals surface area contributed by atoms with E-state index in [-0.39, 0.29) is 29.2 Å². The summed E-state index contributed by atoms with van der Waals surface area (Å²) in [5.41, 5.74) is 0.208. The molecule has 0 spiro atoms. The molecule has 0 unspecified atom stereocenters. The maximum atomic E-state index is 12.0. The van der Waals surface area contributed by atoms with E-state index in [0.29, 0.717) is 5.56 Å². The third kappa shape index (κ3) is 3.20. The molecule has 1 fully saturated rings. The molecule has 0 aliphatic heterocycles. The topological polar surface area (TPSA) is 83.5 Å². The summed E-state index contributed by atoms with van der Waals surface area (Å²) in [6, 6.07) is 5.82. The molecule has 2 N–H and O–H groups in total. The summed E-state index contributed by atoms with van der Waals surface area (Å²) < 4.78 is 26.6. The SMILES string of the molecule is CC(=O)c1ccc(S(=O)(=O)NCC2(CO)CC2)cc1. The molecule has 1 saturated carbocycles. The first kappa shape index (κ1) is 14.2. The second kappa shape index (κ2) is 5.03. The van der Waals surface area contributed by atoms with Crippen molar-refractivity contribution in [2.45, 2.75) is 24.7 Å². The van der Waals surface area contributed by atoms with Gasteiger partial charge in [-0.15, -0.1) is 0 Å². The molecule has 6 heteroatoms. The first-order valence-electron chi connectivity index (χ1n) is 6.10. The van der Waals surface area contributed by atoms with Gasteiger partial charge in [-0.3, -0.25) is 4.79 Å². The highest BCUT2D eigenvalue weighted by Crippen LogP contribution is 2.44. The zero-order chi connectivity index (χ0) is 14.1. The van der Waals surface area contributed by atoms with E-state index in [9.17, 15) is 13.2 Å². The molecule has 1 aliphatic carbocycles. The van der Waals surface area contributed by atoms with E-state index in [1.807, 2.05) is 0 Å². The molecule has 1 aliphatic rings. The van der Waals surface area contributed by atoms with E-state index in [1.54, 1.807) is 0 Å². The Balaban J connectivity index is 2.08. The maximum absolute atomic E-state index is 12.0. The van der Waals surface area contributed by atoms with Gasteiger partial charge in [-0.2, -0.15) is 0 Å². The predicted molar refractivity (Wildman–Crippen MR) is 70.4 cm³/mol. The van der Waals surface area contributed by atoms with Crippen LogP contribution in [0.2, 0.25) is 0 Å². The molecular weight excluding hydrogens is 266 g/mol. The van der Waals surface area contributed by atoms with Gasteiger partial charge in [-0.25, -0.2) is 13.1 Å². The van der Waals surface area contributed by atoms with E-state index < -0.39 is 10.0 Å². The van der Waals surface area contributed by atoms with Gasteiger partial charge in [0, 0.05) is 24.1 Å². The lowest BCUT2D eigenvalue weighted by molar-refractivity contribution is 0.101. The number of ketones is 1. The Kier molecular flexibility index (Phi) is 3.75. The number of carbonyl (C=O) groups is 1. The Morgan fingerprint density at radius 1 is 1.32 bits per heavy atom. The average Bonchev–Trinajstić information content (AvgIpc) is 3.17. The molecule has 0 amide bonds. The fourth-order valence-corrected chi connectivity index (χ4v) is 2.93. The second-order valence-corrected chi connectivity index (χ2v) is 6.83. The standard InChI is InChI=1S/C13H17NO4S/c1-10(16)11-2-4-12(5-3-11)19(17,18)14-8-13(9-15)6-7-13/h2-5,14-15H,6-9H2,1H3. The molecule has 0 bridgehead atoms. The van der Waals surface area contributed by atoms with Gasteiger partial charge in [-0.1, -0.05) is 12.1 Å². The van der Waals surface area contributed by atoms with Crippen LogP contribution in [0.4, 0.5) is 0 Å². The Morgan fingerprint density at radius 2 is 1.89 bits per heavy atom. The summed E-state index contributed by atoms with van der Waals surface area (Å²) in [5.74, 6) is -0.103. The molecule has 0 atom stereocenters. The van der Waals surface area contributed by atoms with Crippen LogP contribution in [0.15, 0.2) is 29.2 Å². The van der Waals surface area contributed by atoms with E-state index >= 15 is 0 Å². The molecule has 5 nitrogen and oxygen atoms in total. The lowest BCUT2D eigenvalue weighted by atomic mass is 10.1. The van der Waals surface area contributed by atoms with E-state index in [4.69, 9.17) is 5.11 Å². The van der Waals surface area contributed by atoms with Crippen LogP contribution in [0.5, 0.6) is 0 Å². The zero-order valence-electron chi connectivity index (χ0n) is 10.7. The van der Waals surface area contributed by atoms with Crippen molar-refractivity contribution < 1.29 is 18.3 Å². The highest BCUT2D eigenvalue weighted by atomic mass is 32.2. The number of hydrogen-bond donors (Lipinski definition) is 2. The zero-order valence-corrected chi connectivity index (χ0v) is 11.5. The summed E-state index contributed by atoms with van der Waals surface area (Å²) in [7, 11) is -3.58. The number of Topliss-reactive ketones (excluding diaryl/α,β-unsaturated/α-hetero) is 1. The predicted octanol–water partition coefficient (Wildman–Crippen LogP) is 0.940. The number of nitrogens with one attached hydrogen (secondary N) is 1. The summed E-state index contributed by atoms with van der Waals surface area (Å²) in [4.78, 5) is 11.2. The van der Waals surface area contributed by atoms with Crippen molar-refractivity contribution in [2.75, 3.05) is 13.2 Å². The van der Waals surface area contributed by atoms with Crippen molar-refractivity contribution in [3.63, 3.8) is 0 Å². The summed E-state index contributed by atoms with van der Waals surface area (Å²) in [6.45, 7) is 1.68. The van der Waals surface area contributed by atoms with Crippen molar-refractivity contribution in [1.29, 1.82) is 0 Å². The second-order valence-electron chi connectivity index (χ2n) is 5.06. The fraction of sp³-hybridized carbons (Fsp3) is 0.462. The minimum absolute atomic E-state index is 0.00120. The number of aliphatic hydroxyl groups is 1. The number of carbonyl (C=O) groups excluding carboxylic acids is 1. The minimum Gasteiger partial charge on any atom is -0.396 e. The van der Waals surface area contributed by atoms with Crippen LogP contribution in [0.3, 0.4) is 0 Å². The van der Waals surface area contributed by atoms with Gasteiger partial charge in [0.15, 0.2) is 5.78 Å². The first-order valence-corrected chi connectivity index (χ1v) is 7.58. The van der Waals surface area contributed by atoms with Gasteiger partial charge in [0.05, 0.1) is 4.90 Å². The van der Waals surface area contributed by atoms with Gasteiger partial charge >= 0.3 is 0 Å². The number of aliphatic hydroxyl groups excluding tert-OH is 1. The van der Waals surface area contributed by atoms with E-state index in [1.165, 1.54) is 31.2 Å². The Bertz CT molecular complexity index is 573. The minimum atomic E-state index is -3.58. The average molecular weight is 283 g/mol. The number of benzene rings is 1. The lowest BCUT2D eigenvalue weighted by Gasteiger charge is -2.13. The van der Waals surface area contributed by atoms with Crippen molar-refractivity contribution in [3.05, 3.63) is 29.8 Å². The van der Waals surface area contributed by atoms with Gasteiger partial charge in [0.2, 0.25) is 10.0 Å². The van der Waals surface area contributed by atoms with Crippen molar-refractivity contribution >= 4 is 15.8 Å². The van der Waals surface area contributed by atoms with Crippen molar-refractivity contribution in [3.8, 4) is 0 Å². The van der Waals surface area contributed by atoms with Crippen LogP contribution in [0.25, 0.3) is 0 Å². The number of rotatable bonds is 6. The highest BCUT2D eigenvalue weighted by molar-refractivity contribution is 7.89. The molecule has 19 heavy (non-hydrogen) atoms. The Morgan fingerprint density at radius 3 is 2.32 bits per heavy atom. The maximum Gasteiger partial charge on any atom is 0.240 e. The molecule has 0 saturated heterocycles. The summed E-state index contributed by atoms with van der Waals surface area (Å²) in [5, 5.41) is 9.15. The Labute approximate surface area is 112 Å². The molecule has 1 aromatic rings. The number of hydrogen-bond acceptors (Lipinski definition) is 4. The first-order chi connectivity index (χ1) is 8.88. The monoisotopic (exact) mass is 283 g/mol. The third-order valence-corrected chi connectivity index (χ3v) is 4.92. The molecule has 0 heterocycles. The van der Waals surface area contributed by atoms with Crippen LogP contribution >= 0.6 is 0 Å². The quantitative estimate of drug-likeness (QED) is 0.761. The number of sulfonamides is 1. The van der Waals surface area contributed by atoms with Gasteiger partial charge in [-0.05, 0) is 31.9 Å². The third-order valence-electron chi connectivity index (χ3n) is 3.50. The smallest absolute Gasteiger partial charge is 0.240 e. The Hall–Kier alpha value is -1.24. The molecule has 104 valence electrons. The molecule has 0 aromatic heterocycles. The van der Waals surface area contributed by atoms with Gasteiger partial charge in [0.25, 0.3) is 0 Å². The van der Waals surface area contributed by atoms with Crippen molar-refractivity contribution in [1.82, 2.24) is 4.72 Å². The molecule has 1 aromatic carbocycles. The summed E-state index contributed by atoms with van der Waals surface area (Å²) in [6.07, 6.45) is 1.69. The van der Waals surface area contributed by atoms with Crippen molar-refractivity contribution in [2.24, 2.45) is 5.41 Å². The van der Waals surface area contributed by atoms with Crippen LogP contribution in [-0.2, 0) is 10.0 Å².